The van der Waals surface area contributed by atoms with Crippen molar-refractivity contribution in [2.45, 2.75) is 84.0 Å². The maximum absolute atomic E-state index is 12.9. The minimum Gasteiger partial charge on any atom is -0.481 e. The van der Waals surface area contributed by atoms with Crippen molar-refractivity contribution in [2.75, 3.05) is 34.0 Å². The topological polar surface area (TPSA) is 206 Å². The maximum atomic E-state index is 12.9. The smallest absolute Gasteiger partial charge is 0.416 e. The molecule has 0 saturated heterocycles. The molecule has 474 valence electrons. The van der Waals surface area contributed by atoms with Crippen molar-refractivity contribution < 1.29 is 38.0 Å². The van der Waals surface area contributed by atoms with E-state index in [0.29, 0.717) is 60.9 Å². The second kappa shape index (κ2) is 29.3. The van der Waals surface area contributed by atoms with E-state index in [-0.39, 0.29) is 50.1 Å². The number of para-hydroxylation sites is 6. The van der Waals surface area contributed by atoms with E-state index in [1.807, 2.05) is 147 Å². The molecule has 92 heavy (non-hydrogen) atoms. The average Bonchev–Trinajstić information content (AvgIpc) is 1.65. The van der Waals surface area contributed by atoms with Crippen molar-refractivity contribution in [2.24, 2.45) is 0 Å². The summed E-state index contributed by atoms with van der Waals surface area (Å²) in [5.74, 6) is 1.10. The van der Waals surface area contributed by atoms with Crippen LogP contribution in [0.2, 0.25) is 0 Å². The number of aliphatic hydroxyl groups excluding tert-OH is 3. The van der Waals surface area contributed by atoms with Crippen LogP contribution in [-0.4, -0.2) is 86.7 Å². The highest BCUT2D eigenvalue weighted by Crippen LogP contribution is 2.30. The fourth-order valence-electron chi connectivity index (χ4n) is 11.7. The van der Waals surface area contributed by atoms with Gasteiger partial charge in [-0.3, -0.25) is 16.2 Å². The molecule has 0 amide bonds. The first-order valence-electron chi connectivity index (χ1n) is 30.3. The number of hydrogen-bond acceptors (Lipinski definition) is 10. The van der Waals surface area contributed by atoms with Crippen molar-refractivity contribution >= 4 is 33.1 Å². The van der Waals surface area contributed by atoms with Crippen LogP contribution in [0.15, 0.2) is 207 Å². The number of benzene rings is 7. The molecule has 0 bridgehead atoms. The number of aromatic nitrogens is 8. The number of aryl methyl sites for hydroxylation is 3. The standard InChI is InChI=1S/C25H24F3N3O.2C24H26N4O2/c1-17-6-8-18(9-7-17)14-21(16-32)31-23-5-3-2-4-22(23)30(24(31)29)15-19-10-12-20(13-11-19)25(26,27)28;2*1-17-7-9-18(10-8-17)13-20(16-29)28-22-6-4-3-5-21(22)27(24(28)25)15-19-11-12-26-23(14-19)30-2/h2-13,21,29,32H,14-16H2,1H3;2*3-12,14,20,25,29H,13,15-16H2,1-2H3. The van der Waals surface area contributed by atoms with E-state index in [1.54, 1.807) is 35.7 Å². The summed E-state index contributed by atoms with van der Waals surface area (Å²) in [5, 5.41) is 57.3. The molecular weight excluding hydrogens is 1170 g/mol. The lowest BCUT2D eigenvalue weighted by molar-refractivity contribution is -0.137. The summed E-state index contributed by atoms with van der Waals surface area (Å²) in [4.78, 5) is 8.33. The van der Waals surface area contributed by atoms with E-state index in [4.69, 9.17) is 25.7 Å². The lowest BCUT2D eigenvalue weighted by Crippen LogP contribution is -2.30. The number of rotatable bonds is 20. The molecular formula is C73H76F3N11O5. The summed E-state index contributed by atoms with van der Waals surface area (Å²) in [6, 6.07) is 60.0. The SMILES string of the molecule is COc1cc(Cn2c(=N)n(C(CO)Cc3ccc(C)cc3)c3ccccc32)ccn1.COc1cc(Cn2c(=N)n(C(CO)Cc3ccc(C)cc3)c3ccccc32)ccn1.Cc1ccc(CC(CO)n2c(=N)n(Cc3ccc(C(F)(F)F)cc3)c3ccccc32)cc1. The molecule has 0 aliphatic rings. The Balaban J connectivity index is 0.000000151. The number of imidazole rings is 3. The number of fused-ring (bicyclic) bond motifs is 3. The Kier molecular flexibility index (Phi) is 20.6. The number of nitrogens with one attached hydrogen (secondary N) is 3. The highest BCUT2D eigenvalue weighted by Gasteiger charge is 2.30. The molecule has 5 heterocycles. The van der Waals surface area contributed by atoms with Gasteiger partial charge in [0.1, 0.15) is 0 Å². The van der Waals surface area contributed by atoms with Crippen molar-refractivity contribution in [1.29, 1.82) is 16.2 Å². The van der Waals surface area contributed by atoms with E-state index in [1.165, 1.54) is 23.3 Å². The number of nitrogens with zero attached hydrogens (tertiary/aromatic N) is 8. The average molecular weight is 1240 g/mol. The molecule has 0 fully saturated rings. The van der Waals surface area contributed by atoms with Gasteiger partial charge in [0.05, 0.1) is 110 Å². The van der Waals surface area contributed by atoms with Gasteiger partial charge in [-0.25, -0.2) is 9.97 Å². The Morgan fingerprint density at radius 1 is 0.391 bits per heavy atom. The van der Waals surface area contributed by atoms with Gasteiger partial charge in [-0.2, -0.15) is 13.2 Å². The Morgan fingerprint density at radius 2 is 0.674 bits per heavy atom. The van der Waals surface area contributed by atoms with Gasteiger partial charge < -0.3 is 52.2 Å². The van der Waals surface area contributed by atoms with Crippen molar-refractivity contribution in [3.63, 3.8) is 0 Å². The lowest BCUT2D eigenvalue weighted by atomic mass is 10.0. The minimum absolute atomic E-state index is 0.0402. The first-order chi connectivity index (χ1) is 44.5. The summed E-state index contributed by atoms with van der Waals surface area (Å²) < 4.78 is 60.5. The molecule has 0 saturated carbocycles. The van der Waals surface area contributed by atoms with Crippen LogP contribution in [0.5, 0.6) is 11.8 Å². The van der Waals surface area contributed by atoms with Gasteiger partial charge in [0.15, 0.2) is 0 Å². The van der Waals surface area contributed by atoms with Crippen molar-refractivity contribution in [1.82, 2.24) is 37.4 Å². The predicted octanol–water partition coefficient (Wildman–Crippen LogP) is 12.0. The van der Waals surface area contributed by atoms with Crippen LogP contribution >= 0.6 is 0 Å². The summed E-state index contributed by atoms with van der Waals surface area (Å²) >= 11 is 0. The maximum Gasteiger partial charge on any atom is 0.416 e. The molecule has 0 aliphatic carbocycles. The first kappa shape index (κ1) is 64.9. The van der Waals surface area contributed by atoms with Gasteiger partial charge in [-0.1, -0.05) is 138 Å². The van der Waals surface area contributed by atoms with E-state index < -0.39 is 11.7 Å². The monoisotopic (exact) mass is 1240 g/mol. The number of alkyl halides is 3. The van der Waals surface area contributed by atoms with Gasteiger partial charge in [-0.15, -0.1) is 0 Å². The zero-order valence-corrected chi connectivity index (χ0v) is 52.1. The first-order valence-corrected chi connectivity index (χ1v) is 30.3. The van der Waals surface area contributed by atoms with E-state index in [0.717, 1.165) is 78.6 Å². The number of methoxy groups -OCH3 is 2. The van der Waals surface area contributed by atoms with Crippen molar-refractivity contribution in [3.8, 4) is 11.8 Å². The van der Waals surface area contributed by atoms with E-state index >= 15 is 0 Å². The van der Waals surface area contributed by atoms with Crippen LogP contribution < -0.4 is 26.3 Å². The molecule has 16 nitrogen and oxygen atoms in total. The highest BCUT2D eigenvalue weighted by atomic mass is 19.4. The second-order valence-corrected chi connectivity index (χ2v) is 23.0. The van der Waals surface area contributed by atoms with Crippen LogP contribution in [0.4, 0.5) is 13.2 Å². The Hall–Kier alpha value is -10.1. The zero-order chi connectivity index (χ0) is 65.1. The minimum atomic E-state index is -4.38. The Labute approximate surface area is 531 Å². The van der Waals surface area contributed by atoms with Gasteiger partial charge in [0.25, 0.3) is 0 Å². The number of aliphatic hydroxyl groups is 3. The lowest BCUT2D eigenvalue weighted by Gasteiger charge is -2.17. The Bertz CT molecular complexity index is 4430. The molecule has 6 N–H and O–H groups in total. The molecule has 3 atom stereocenters. The number of halogens is 3. The fourth-order valence-corrected chi connectivity index (χ4v) is 11.7. The van der Waals surface area contributed by atoms with Crippen LogP contribution in [0, 0.1) is 37.0 Å². The summed E-state index contributed by atoms with van der Waals surface area (Å²) in [6.07, 6.45) is 0.917. The van der Waals surface area contributed by atoms with Gasteiger partial charge in [0.2, 0.25) is 28.6 Å². The highest BCUT2D eigenvalue weighted by molar-refractivity contribution is 5.78. The molecule has 12 aromatic rings. The van der Waals surface area contributed by atoms with E-state index in [9.17, 15) is 28.5 Å². The largest absolute Gasteiger partial charge is 0.481 e. The third-order valence-corrected chi connectivity index (χ3v) is 16.6. The molecule has 7 aromatic carbocycles. The molecule has 19 heteroatoms. The quantitative estimate of drug-likeness (QED) is 0.0435. The van der Waals surface area contributed by atoms with Gasteiger partial charge in [0, 0.05) is 24.5 Å². The fraction of sp³-hybridized carbons (Fsp3) is 0.247. The number of pyridine rings is 2. The third-order valence-electron chi connectivity index (χ3n) is 16.6. The summed E-state index contributed by atoms with van der Waals surface area (Å²) in [6.45, 7) is 7.22. The normalized spacial score (nSPS) is 12.5. The molecule has 12 rings (SSSR count). The van der Waals surface area contributed by atoms with Crippen LogP contribution in [0.25, 0.3) is 33.1 Å². The molecule has 3 unspecified atom stereocenters. The van der Waals surface area contributed by atoms with Crippen LogP contribution in [0.3, 0.4) is 0 Å². The summed E-state index contributed by atoms with van der Waals surface area (Å²) in [7, 11) is 3.19. The summed E-state index contributed by atoms with van der Waals surface area (Å²) in [5.41, 5.74) is 15.2. The second-order valence-electron chi connectivity index (χ2n) is 23.0. The van der Waals surface area contributed by atoms with Crippen molar-refractivity contribution in [3.05, 3.63) is 279 Å². The van der Waals surface area contributed by atoms with E-state index in [2.05, 4.69) is 72.3 Å². The molecule has 0 aliphatic heterocycles. The molecule has 5 aromatic heterocycles. The Morgan fingerprint density at radius 3 is 0.957 bits per heavy atom. The number of ether oxygens (including phenoxy) is 2. The molecule has 0 radical (unpaired) electrons. The zero-order valence-electron chi connectivity index (χ0n) is 52.1. The molecule has 0 spiro atoms. The van der Waals surface area contributed by atoms with Crippen LogP contribution in [-0.2, 0) is 45.1 Å². The third kappa shape index (κ3) is 14.9. The predicted molar refractivity (Wildman–Crippen MR) is 351 cm³/mol. The number of hydrogen-bond donors (Lipinski definition) is 6. The van der Waals surface area contributed by atoms with Gasteiger partial charge >= 0.3 is 6.18 Å². The van der Waals surface area contributed by atoms with Crippen LogP contribution in [0.1, 0.15) is 73.8 Å². The van der Waals surface area contributed by atoms with Gasteiger partial charge in [-0.05, 0) is 134 Å².